The third-order valence-electron chi connectivity index (χ3n) is 5.08. The lowest BCUT2D eigenvalue weighted by molar-refractivity contribution is -0.0571. The van der Waals surface area contributed by atoms with Crippen molar-refractivity contribution in [1.82, 2.24) is 9.88 Å². The van der Waals surface area contributed by atoms with Crippen LogP contribution in [0.15, 0.2) is 5.51 Å². The molecule has 0 N–H and O–H groups in total. The van der Waals surface area contributed by atoms with Gasteiger partial charge in [-0.05, 0) is 38.5 Å². The average Bonchev–Trinajstić information content (AvgIpc) is 3.11. The molecule has 1 aromatic rings. The summed E-state index contributed by atoms with van der Waals surface area (Å²) < 4.78 is 12.3. The van der Waals surface area contributed by atoms with Gasteiger partial charge in [-0.25, -0.2) is 4.98 Å². The Labute approximate surface area is 130 Å². The molecule has 2 aliphatic carbocycles. The summed E-state index contributed by atoms with van der Waals surface area (Å²) in [5, 5.41) is 0. The number of ether oxygens (including phenoxy) is 2. The fourth-order valence-electron chi connectivity index (χ4n) is 3.58. The molecule has 2 saturated carbocycles. The molecule has 0 amide bonds. The molecule has 2 heterocycles. The minimum atomic E-state index is 0.279. The van der Waals surface area contributed by atoms with Crippen molar-refractivity contribution in [2.75, 3.05) is 19.8 Å². The first-order valence-electron chi connectivity index (χ1n) is 8.17. The first-order chi connectivity index (χ1) is 10.3. The lowest BCUT2D eigenvalue weighted by atomic mass is 10.1. The van der Waals surface area contributed by atoms with Gasteiger partial charge in [-0.15, -0.1) is 11.3 Å². The highest BCUT2D eigenvalue weighted by molar-refractivity contribution is 7.09. The molecule has 1 aliphatic heterocycles. The van der Waals surface area contributed by atoms with Gasteiger partial charge in [0.25, 0.3) is 0 Å². The summed E-state index contributed by atoms with van der Waals surface area (Å²) in [5.74, 6) is 0.824. The second kappa shape index (κ2) is 5.95. The predicted molar refractivity (Wildman–Crippen MR) is 82.5 cm³/mol. The van der Waals surface area contributed by atoms with Crippen LogP contribution in [0.4, 0.5) is 0 Å². The first kappa shape index (κ1) is 14.1. The minimum Gasteiger partial charge on any atom is -0.374 e. The SMILES string of the molecule is Cc1ncsc1CN1CCOC2CCC1C2OCC1CC1. The molecule has 0 spiro atoms. The van der Waals surface area contributed by atoms with Gasteiger partial charge in [-0.1, -0.05) is 0 Å². The van der Waals surface area contributed by atoms with Crippen LogP contribution >= 0.6 is 11.3 Å². The maximum Gasteiger partial charge on any atom is 0.0991 e. The summed E-state index contributed by atoms with van der Waals surface area (Å²) >= 11 is 1.77. The van der Waals surface area contributed by atoms with E-state index in [4.69, 9.17) is 9.47 Å². The topological polar surface area (TPSA) is 34.6 Å². The van der Waals surface area contributed by atoms with E-state index in [1.165, 1.54) is 29.8 Å². The molecule has 3 unspecified atom stereocenters. The summed E-state index contributed by atoms with van der Waals surface area (Å²) in [5.41, 5.74) is 3.13. The van der Waals surface area contributed by atoms with E-state index < -0.39 is 0 Å². The maximum atomic E-state index is 6.27. The highest BCUT2D eigenvalue weighted by Gasteiger charge is 2.43. The number of nitrogens with zero attached hydrogens (tertiary/aromatic N) is 2. The van der Waals surface area contributed by atoms with Crippen molar-refractivity contribution in [3.8, 4) is 0 Å². The molecule has 0 radical (unpaired) electrons. The Morgan fingerprint density at radius 1 is 1.38 bits per heavy atom. The smallest absolute Gasteiger partial charge is 0.0991 e. The van der Waals surface area contributed by atoms with Crippen molar-refractivity contribution in [2.24, 2.45) is 5.92 Å². The standard InChI is InChI=1S/C16H24N2O2S/c1-11-15(21-10-17-11)8-18-6-7-19-14-5-4-13(18)16(14)20-9-12-2-3-12/h10,12-14,16H,2-9H2,1H3. The maximum absolute atomic E-state index is 6.27. The van der Waals surface area contributed by atoms with E-state index >= 15 is 0 Å². The van der Waals surface area contributed by atoms with Gasteiger partial charge in [0.1, 0.15) is 0 Å². The predicted octanol–water partition coefficient (Wildman–Crippen LogP) is 2.61. The Hall–Kier alpha value is -0.490. The van der Waals surface area contributed by atoms with Crippen molar-refractivity contribution < 1.29 is 9.47 Å². The number of hydrogen-bond donors (Lipinski definition) is 0. The zero-order valence-electron chi connectivity index (χ0n) is 12.7. The highest BCUT2D eigenvalue weighted by atomic mass is 32.1. The third kappa shape index (κ3) is 3.02. The molecule has 4 nitrogen and oxygen atoms in total. The fraction of sp³-hybridized carbons (Fsp3) is 0.812. The molecular weight excluding hydrogens is 284 g/mol. The molecular formula is C16H24N2O2S. The molecule has 1 saturated heterocycles. The normalized spacial score (nSPS) is 33.3. The molecule has 3 atom stereocenters. The number of thiazole rings is 1. The molecule has 21 heavy (non-hydrogen) atoms. The number of rotatable bonds is 5. The van der Waals surface area contributed by atoms with E-state index in [1.54, 1.807) is 11.3 Å². The van der Waals surface area contributed by atoms with Crippen LogP contribution in [0.25, 0.3) is 0 Å². The van der Waals surface area contributed by atoms with Crippen molar-refractivity contribution in [3.05, 3.63) is 16.1 Å². The van der Waals surface area contributed by atoms with Crippen molar-refractivity contribution in [2.45, 2.75) is 57.4 Å². The number of hydrogen-bond acceptors (Lipinski definition) is 5. The van der Waals surface area contributed by atoms with Crippen LogP contribution < -0.4 is 0 Å². The van der Waals surface area contributed by atoms with Gasteiger partial charge in [-0.2, -0.15) is 0 Å². The largest absolute Gasteiger partial charge is 0.374 e. The molecule has 1 aromatic heterocycles. The third-order valence-corrected chi connectivity index (χ3v) is 6.00. The Bertz CT molecular complexity index is 488. The number of fused-ring (bicyclic) bond motifs is 2. The molecule has 3 aliphatic rings. The second-order valence-electron chi connectivity index (χ2n) is 6.63. The zero-order valence-corrected chi connectivity index (χ0v) is 13.5. The average molecular weight is 308 g/mol. The van der Waals surface area contributed by atoms with E-state index in [2.05, 4.69) is 16.8 Å². The minimum absolute atomic E-state index is 0.279. The summed E-state index contributed by atoms with van der Waals surface area (Å²) in [4.78, 5) is 8.35. The van der Waals surface area contributed by atoms with Crippen LogP contribution in [0.5, 0.6) is 0 Å². The summed E-state index contributed by atoms with van der Waals surface area (Å²) in [6.07, 6.45) is 5.66. The van der Waals surface area contributed by atoms with Gasteiger partial charge >= 0.3 is 0 Å². The molecule has 0 aromatic carbocycles. The van der Waals surface area contributed by atoms with Gasteiger partial charge in [-0.3, -0.25) is 4.90 Å². The van der Waals surface area contributed by atoms with Crippen molar-refractivity contribution in [3.63, 3.8) is 0 Å². The fourth-order valence-corrected chi connectivity index (χ4v) is 4.38. The van der Waals surface area contributed by atoms with Crippen LogP contribution in [0.3, 0.4) is 0 Å². The summed E-state index contributed by atoms with van der Waals surface area (Å²) in [6.45, 7) is 5.90. The monoisotopic (exact) mass is 308 g/mol. The lowest BCUT2D eigenvalue weighted by Crippen LogP contribution is -2.43. The Morgan fingerprint density at radius 2 is 2.29 bits per heavy atom. The van der Waals surface area contributed by atoms with E-state index in [1.807, 2.05) is 5.51 Å². The quantitative estimate of drug-likeness (QED) is 0.837. The number of aryl methyl sites for hydroxylation is 1. The van der Waals surface area contributed by atoms with E-state index in [9.17, 15) is 0 Å². The van der Waals surface area contributed by atoms with E-state index in [0.717, 1.165) is 38.6 Å². The Kier molecular flexibility index (Phi) is 4.00. The molecule has 2 bridgehead atoms. The van der Waals surface area contributed by atoms with Gasteiger partial charge in [0.05, 0.1) is 30.0 Å². The lowest BCUT2D eigenvalue weighted by Gasteiger charge is -2.31. The van der Waals surface area contributed by atoms with Crippen LogP contribution in [0, 0.1) is 12.8 Å². The van der Waals surface area contributed by atoms with Crippen LogP contribution in [-0.2, 0) is 16.0 Å². The van der Waals surface area contributed by atoms with Gasteiger partial charge in [0.15, 0.2) is 0 Å². The Balaban J connectivity index is 1.46. The van der Waals surface area contributed by atoms with Gasteiger partial charge < -0.3 is 9.47 Å². The molecule has 5 heteroatoms. The van der Waals surface area contributed by atoms with Gasteiger partial charge in [0, 0.05) is 30.6 Å². The second-order valence-corrected chi connectivity index (χ2v) is 7.57. The van der Waals surface area contributed by atoms with Crippen LogP contribution in [-0.4, -0.2) is 47.9 Å². The summed E-state index contributed by atoms with van der Waals surface area (Å²) in [7, 11) is 0. The molecule has 3 fully saturated rings. The highest BCUT2D eigenvalue weighted by Crippen LogP contribution is 2.36. The van der Waals surface area contributed by atoms with Gasteiger partial charge in [0.2, 0.25) is 0 Å². The van der Waals surface area contributed by atoms with Crippen LogP contribution in [0.1, 0.15) is 36.3 Å². The summed E-state index contributed by atoms with van der Waals surface area (Å²) in [6, 6.07) is 0.526. The van der Waals surface area contributed by atoms with E-state index in [-0.39, 0.29) is 6.10 Å². The zero-order chi connectivity index (χ0) is 14.2. The number of aromatic nitrogens is 1. The Morgan fingerprint density at radius 3 is 3.05 bits per heavy atom. The molecule has 116 valence electrons. The molecule has 4 rings (SSSR count). The van der Waals surface area contributed by atoms with Crippen LogP contribution in [0.2, 0.25) is 0 Å². The first-order valence-corrected chi connectivity index (χ1v) is 9.05. The van der Waals surface area contributed by atoms with E-state index in [0.29, 0.717) is 12.1 Å². The van der Waals surface area contributed by atoms with Crippen molar-refractivity contribution >= 4 is 11.3 Å². The van der Waals surface area contributed by atoms with Crippen molar-refractivity contribution in [1.29, 1.82) is 0 Å².